The number of aryl methyl sites for hydroxylation is 1. The Morgan fingerprint density at radius 1 is 1.53 bits per heavy atom. The molecule has 1 atom stereocenters. The van der Waals surface area contributed by atoms with E-state index in [-0.39, 0.29) is 0 Å². The van der Waals surface area contributed by atoms with Crippen LogP contribution >= 0.6 is 11.8 Å². The third-order valence-corrected chi connectivity index (χ3v) is 4.78. The van der Waals surface area contributed by atoms with E-state index in [9.17, 15) is 0 Å². The molecule has 0 bridgehead atoms. The van der Waals surface area contributed by atoms with Crippen molar-refractivity contribution in [3.63, 3.8) is 0 Å². The Kier molecular flexibility index (Phi) is 4.92. The fraction of sp³-hybridized carbons (Fsp3) is 0.769. The molecule has 1 aromatic heterocycles. The minimum Gasteiger partial charge on any atom is -0.329 e. The molecule has 1 saturated carbocycles. The van der Waals surface area contributed by atoms with E-state index in [1.807, 2.05) is 24.2 Å². The number of nitrogens with one attached hydrogen (secondary N) is 1. The summed E-state index contributed by atoms with van der Waals surface area (Å²) in [5.41, 5.74) is 0. The number of hydrogen-bond donors (Lipinski definition) is 1. The normalized spacial score (nSPS) is 18.7. The van der Waals surface area contributed by atoms with E-state index in [0.717, 1.165) is 23.4 Å². The summed E-state index contributed by atoms with van der Waals surface area (Å²) in [4.78, 5) is 4.37. The molecule has 4 heteroatoms. The van der Waals surface area contributed by atoms with E-state index < -0.39 is 0 Å². The van der Waals surface area contributed by atoms with Crippen molar-refractivity contribution in [2.75, 3.05) is 12.3 Å². The lowest BCUT2D eigenvalue weighted by Gasteiger charge is -2.23. The smallest absolute Gasteiger partial charge is 0.167 e. The molecular formula is C13H23N3S. The first-order valence-electron chi connectivity index (χ1n) is 6.64. The highest BCUT2D eigenvalue weighted by Crippen LogP contribution is 2.30. The Morgan fingerprint density at radius 2 is 2.29 bits per heavy atom. The van der Waals surface area contributed by atoms with Crippen LogP contribution in [0.2, 0.25) is 0 Å². The molecule has 0 aromatic carbocycles. The number of nitrogens with zero attached hydrogens (tertiary/aromatic N) is 2. The van der Waals surface area contributed by atoms with Crippen LogP contribution in [0.25, 0.3) is 0 Å². The predicted octanol–water partition coefficient (Wildman–Crippen LogP) is 2.68. The first-order valence-corrected chi connectivity index (χ1v) is 7.63. The van der Waals surface area contributed by atoms with E-state index in [0.29, 0.717) is 6.04 Å². The summed E-state index contributed by atoms with van der Waals surface area (Å²) in [7, 11) is 2.06. The highest BCUT2D eigenvalue weighted by molar-refractivity contribution is 7.99. The monoisotopic (exact) mass is 253 g/mol. The molecule has 1 unspecified atom stereocenters. The highest BCUT2D eigenvalue weighted by Gasteiger charge is 2.24. The average molecular weight is 253 g/mol. The molecule has 1 heterocycles. The van der Waals surface area contributed by atoms with Crippen LogP contribution in [0.5, 0.6) is 0 Å². The molecule has 1 aliphatic carbocycles. The quantitative estimate of drug-likeness (QED) is 0.791. The van der Waals surface area contributed by atoms with Crippen molar-refractivity contribution in [3.05, 3.63) is 12.4 Å². The van der Waals surface area contributed by atoms with Gasteiger partial charge in [0.25, 0.3) is 0 Å². The van der Waals surface area contributed by atoms with Crippen molar-refractivity contribution in [1.29, 1.82) is 0 Å². The molecule has 3 nitrogen and oxygen atoms in total. The fourth-order valence-electron chi connectivity index (χ4n) is 2.64. The molecular weight excluding hydrogens is 230 g/mol. The number of rotatable bonds is 6. The maximum absolute atomic E-state index is 4.37. The zero-order valence-corrected chi connectivity index (χ0v) is 11.7. The van der Waals surface area contributed by atoms with Gasteiger partial charge in [-0.3, -0.25) is 0 Å². The Hall–Kier alpha value is -0.480. The SMILES string of the molecule is CCNC(CSc1nccn1C)C1CCCC1. The molecule has 1 N–H and O–H groups in total. The van der Waals surface area contributed by atoms with Gasteiger partial charge in [-0.2, -0.15) is 0 Å². The van der Waals surface area contributed by atoms with Gasteiger partial charge in [0.1, 0.15) is 0 Å². The second kappa shape index (κ2) is 6.45. The van der Waals surface area contributed by atoms with Gasteiger partial charge in [-0.25, -0.2) is 4.98 Å². The maximum atomic E-state index is 4.37. The molecule has 96 valence electrons. The van der Waals surface area contributed by atoms with Gasteiger partial charge in [0, 0.05) is 31.2 Å². The average Bonchev–Trinajstić information content (AvgIpc) is 2.96. The van der Waals surface area contributed by atoms with Crippen LogP contribution < -0.4 is 5.32 Å². The van der Waals surface area contributed by atoms with Gasteiger partial charge in [0.05, 0.1) is 0 Å². The minimum atomic E-state index is 0.657. The molecule has 1 fully saturated rings. The van der Waals surface area contributed by atoms with Crippen molar-refractivity contribution in [3.8, 4) is 0 Å². The van der Waals surface area contributed by atoms with Gasteiger partial charge in [-0.05, 0) is 25.3 Å². The van der Waals surface area contributed by atoms with Gasteiger partial charge in [-0.1, -0.05) is 31.5 Å². The second-order valence-electron chi connectivity index (χ2n) is 4.84. The summed E-state index contributed by atoms with van der Waals surface area (Å²) in [5.74, 6) is 2.02. The van der Waals surface area contributed by atoms with Gasteiger partial charge in [0.15, 0.2) is 5.16 Å². The predicted molar refractivity (Wildman–Crippen MR) is 73.4 cm³/mol. The van der Waals surface area contributed by atoms with Crippen LogP contribution in [-0.4, -0.2) is 27.9 Å². The van der Waals surface area contributed by atoms with E-state index in [2.05, 4.69) is 28.8 Å². The number of imidazole rings is 1. The summed E-state index contributed by atoms with van der Waals surface area (Å²) in [6.45, 7) is 3.27. The zero-order valence-electron chi connectivity index (χ0n) is 10.9. The number of thioether (sulfide) groups is 1. The summed E-state index contributed by atoms with van der Waals surface area (Å²) < 4.78 is 2.10. The first-order chi connectivity index (χ1) is 8.31. The van der Waals surface area contributed by atoms with Crippen LogP contribution in [0.15, 0.2) is 17.6 Å². The summed E-state index contributed by atoms with van der Waals surface area (Å²) in [6, 6.07) is 0.657. The third-order valence-electron chi connectivity index (χ3n) is 3.60. The van der Waals surface area contributed by atoms with Crippen LogP contribution in [0, 0.1) is 5.92 Å². The molecule has 0 radical (unpaired) electrons. The Labute approximate surface area is 108 Å². The van der Waals surface area contributed by atoms with Gasteiger partial charge >= 0.3 is 0 Å². The van der Waals surface area contributed by atoms with Crippen molar-refractivity contribution in [1.82, 2.24) is 14.9 Å². The van der Waals surface area contributed by atoms with Gasteiger partial charge < -0.3 is 9.88 Å². The van der Waals surface area contributed by atoms with Crippen molar-refractivity contribution in [2.45, 2.75) is 43.8 Å². The largest absolute Gasteiger partial charge is 0.329 e. The molecule has 2 rings (SSSR count). The second-order valence-corrected chi connectivity index (χ2v) is 5.83. The van der Waals surface area contributed by atoms with Crippen molar-refractivity contribution in [2.24, 2.45) is 13.0 Å². The Bertz CT molecular complexity index is 331. The van der Waals surface area contributed by atoms with Crippen LogP contribution in [0.1, 0.15) is 32.6 Å². The summed E-state index contributed by atoms with van der Waals surface area (Å²) in [6.07, 6.45) is 9.52. The lowest BCUT2D eigenvalue weighted by molar-refractivity contribution is 0.394. The first kappa shape index (κ1) is 13.0. The van der Waals surface area contributed by atoms with Crippen molar-refractivity contribution < 1.29 is 0 Å². The van der Waals surface area contributed by atoms with Crippen molar-refractivity contribution >= 4 is 11.8 Å². The lowest BCUT2D eigenvalue weighted by Crippen LogP contribution is -2.37. The minimum absolute atomic E-state index is 0.657. The molecule has 0 spiro atoms. The maximum Gasteiger partial charge on any atom is 0.167 e. The Balaban J connectivity index is 1.86. The topological polar surface area (TPSA) is 29.9 Å². The van der Waals surface area contributed by atoms with E-state index in [1.54, 1.807) is 0 Å². The summed E-state index contributed by atoms with van der Waals surface area (Å²) in [5, 5.41) is 4.78. The van der Waals surface area contributed by atoms with Crippen LogP contribution in [0.4, 0.5) is 0 Å². The molecule has 0 saturated heterocycles. The van der Waals surface area contributed by atoms with E-state index >= 15 is 0 Å². The van der Waals surface area contributed by atoms with E-state index in [1.165, 1.54) is 25.7 Å². The number of hydrogen-bond acceptors (Lipinski definition) is 3. The standard InChI is InChI=1S/C13H23N3S/c1-3-14-12(11-6-4-5-7-11)10-17-13-15-8-9-16(13)2/h8-9,11-12,14H,3-7,10H2,1-2H3. The molecule has 0 aliphatic heterocycles. The summed E-state index contributed by atoms with van der Waals surface area (Å²) >= 11 is 1.88. The highest BCUT2D eigenvalue weighted by atomic mass is 32.2. The molecule has 1 aliphatic rings. The zero-order chi connectivity index (χ0) is 12.1. The van der Waals surface area contributed by atoms with E-state index in [4.69, 9.17) is 0 Å². The number of aromatic nitrogens is 2. The molecule has 1 aromatic rings. The Morgan fingerprint density at radius 3 is 2.88 bits per heavy atom. The van der Waals surface area contributed by atoms with Crippen LogP contribution in [0.3, 0.4) is 0 Å². The van der Waals surface area contributed by atoms with Gasteiger partial charge in [0.2, 0.25) is 0 Å². The molecule has 0 amide bonds. The third kappa shape index (κ3) is 3.49. The van der Waals surface area contributed by atoms with Crippen LogP contribution in [-0.2, 0) is 7.05 Å². The fourth-order valence-corrected chi connectivity index (χ4v) is 3.76. The lowest BCUT2D eigenvalue weighted by atomic mass is 10.00. The van der Waals surface area contributed by atoms with Gasteiger partial charge in [-0.15, -0.1) is 0 Å². The molecule has 17 heavy (non-hydrogen) atoms.